The van der Waals surface area contributed by atoms with Crippen molar-refractivity contribution in [3.05, 3.63) is 95.6 Å². The molecule has 2 atom stereocenters. The van der Waals surface area contributed by atoms with Gasteiger partial charge in [-0.3, -0.25) is 4.79 Å². The molecule has 1 aliphatic rings. The fourth-order valence-corrected chi connectivity index (χ4v) is 4.55. The lowest BCUT2D eigenvalue weighted by molar-refractivity contribution is -0.118. The van der Waals surface area contributed by atoms with E-state index in [-0.39, 0.29) is 12.2 Å². The van der Waals surface area contributed by atoms with E-state index in [1.807, 2.05) is 18.2 Å². The normalized spacial score (nSPS) is 17.8. The molecular formula is C23H18F2N2O3S. The van der Waals surface area contributed by atoms with Gasteiger partial charge in [-0.25, -0.2) is 13.6 Å². The van der Waals surface area contributed by atoms with Crippen LogP contribution in [0.25, 0.3) is 0 Å². The molecule has 5 nitrogen and oxygen atoms in total. The quantitative estimate of drug-likeness (QED) is 0.596. The zero-order valence-corrected chi connectivity index (χ0v) is 17.0. The lowest BCUT2D eigenvalue weighted by Crippen LogP contribution is -2.46. The minimum atomic E-state index is -1.20. The van der Waals surface area contributed by atoms with Gasteiger partial charge in [0.2, 0.25) is 5.91 Å². The maximum atomic E-state index is 14.6. The number of thioether (sulfide) groups is 1. The summed E-state index contributed by atoms with van der Waals surface area (Å²) in [7, 11) is 0. The number of carbonyl (C=O) groups is 2. The summed E-state index contributed by atoms with van der Waals surface area (Å²) in [4.78, 5) is 26.1. The molecule has 0 saturated carbocycles. The number of rotatable bonds is 4. The van der Waals surface area contributed by atoms with Crippen molar-refractivity contribution >= 4 is 29.4 Å². The van der Waals surface area contributed by atoms with Crippen molar-refractivity contribution in [2.45, 2.75) is 22.8 Å². The van der Waals surface area contributed by atoms with Crippen LogP contribution in [0.2, 0.25) is 0 Å². The fourth-order valence-electron chi connectivity index (χ4n) is 3.23. The standard InChI is InChI=1S/C23H18F2N2O3S/c24-15-10-11-17(25)16(12-15)21-20(22(28)26-18-8-4-5-9-19(18)31-21)27-23(29)30-13-14-6-2-1-3-7-14/h1-12,20-21H,13H2,(H,26,28)(H,27,29)/t20-,21-/m0/s1. The van der Waals surface area contributed by atoms with Crippen molar-refractivity contribution < 1.29 is 23.1 Å². The molecular weight excluding hydrogens is 422 g/mol. The molecule has 4 rings (SSSR count). The Morgan fingerprint density at radius 3 is 2.58 bits per heavy atom. The van der Waals surface area contributed by atoms with Gasteiger partial charge >= 0.3 is 6.09 Å². The molecule has 0 aromatic heterocycles. The van der Waals surface area contributed by atoms with Crippen LogP contribution in [0, 0.1) is 11.6 Å². The minimum absolute atomic E-state index is 0.00732. The maximum absolute atomic E-state index is 14.6. The van der Waals surface area contributed by atoms with E-state index in [1.54, 1.807) is 36.4 Å². The maximum Gasteiger partial charge on any atom is 0.408 e. The molecule has 2 amide bonds. The molecule has 0 fully saturated rings. The Kier molecular flexibility index (Phi) is 6.18. The summed E-state index contributed by atoms with van der Waals surface area (Å²) in [6.45, 7) is 0.00732. The smallest absolute Gasteiger partial charge is 0.408 e. The summed E-state index contributed by atoms with van der Waals surface area (Å²) >= 11 is 1.16. The third-order valence-corrected chi connectivity index (χ3v) is 6.12. The Morgan fingerprint density at radius 1 is 1.03 bits per heavy atom. The first kappa shape index (κ1) is 20.9. The Morgan fingerprint density at radius 2 is 1.77 bits per heavy atom. The van der Waals surface area contributed by atoms with Crippen molar-refractivity contribution in [2.24, 2.45) is 0 Å². The molecule has 0 unspecified atom stereocenters. The van der Waals surface area contributed by atoms with E-state index < -0.39 is 34.9 Å². The van der Waals surface area contributed by atoms with Gasteiger partial charge in [-0.05, 0) is 35.9 Å². The molecule has 0 spiro atoms. The third kappa shape index (κ3) is 4.86. The molecule has 0 aliphatic carbocycles. The molecule has 0 bridgehead atoms. The topological polar surface area (TPSA) is 67.4 Å². The predicted octanol–water partition coefficient (Wildman–Crippen LogP) is 5.05. The Bertz CT molecular complexity index is 1110. The minimum Gasteiger partial charge on any atom is -0.445 e. The number of amides is 2. The highest BCUT2D eigenvalue weighted by molar-refractivity contribution is 7.99. The molecule has 8 heteroatoms. The van der Waals surface area contributed by atoms with E-state index in [2.05, 4.69) is 10.6 Å². The van der Waals surface area contributed by atoms with E-state index in [9.17, 15) is 18.4 Å². The molecule has 0 saturated heterocycles. The van der Waals surface area contributed by atoms with E-state index >= 15 is 0 Å². The van der Waals surface area contributed by atoms with Crippen LogP contribution in [0.5, 0.6) is 0 Å². The van der Waals surface area contributed by atoms with E-state index in [0.29, 0.717) is 10.6 Å². The zero-order chi connectivity index (χ0) is 21.8. The van der Waals surface area contributed by atoms with Crippen molar-refractivity contribution in [3.8, 4) is 0 Å². The molecule has 2 N–H and O–H groups in total. The first-order valence-electron chi connectivity index (χ1n) is 9.50. The summed E-state index contributed by atoms with van der Waals surface area (Å²) in [5, 5.41) is 4.35. The molecule has 3 aromatic carbocycles. The van der Waals surface area contributed by atoms with Crippen LogP contribution in [0.1, 0.15) is 16.4 Å². The molecule has 31 heavy (non-hydrogen) atoms. The summed E-state index contributed by atoms with van der Waals surface area (Å²) in [6.07, 6.45) is -0.836. The number of fused-ring (bicyclic) bond motifs is 1. The lowest BCUT2D eigenvalue weighted by Gasteiger charge is -2.24. The number of anilines is 1. The van der Waals surface area contributed by atoms with Gasteiger partial charge in [-0.1, -0.05) is 42.5 Å². The van der Waals surface area contributed by atoms with Gasteiger partial charge in [0.25, 0.3) is 0 Å². The first-order chi connectivity index (χ1) is 15.0. The average Bonchev–Trinajstić information content (AvgIpc) is 2.91. The highest BCUT2D eigenvalue weighted by atomic mass is 32.2. The zero-order valence-electron chi connectivity index (χ0n) is 16.2. The van der Waals surface area contributed by atoms with Crippen LogP contribution in [-0.4, -0.2) is 18.0 Å². The highest BCUT2D eigenvalue weighted by Crippen LogP contribution is 2.44. The predicted molar refractivity (Wildman–Crippen MR) is 114 cm³/mol. The van der Waals surface area contributed by atoms with Crippen LogP contribution in [-0.2, 0) is 16.1 Å². The van der Waals surface area contributed by atoms with Gasteiger partial charge in [0.05, 0.1) is 10.9 Å². The number of hydrogen-bond donors (Lipinski definition) is 2. The Balaban J connectivity index is 1.62. The van der Waals surface area contributed by atoms with Gasteiger partial charge in [0.1, 0.15) is 24.3 Å². The van der Waals surface area contributed by atoms with Gasteiger partial charge in [-0.2, -0.15) is 0 Å². The van der Waals surface area contributed by atoms with Crippen LogP contribution >= 0.6 is 11.8 Å². The van der Waals surface area contributed by atoms with Crippen LogP contribution < -0.4 is 10.6 Å². The molecule has 3 aromatic rings. The number of benzene rings is 3. The van der Waals surface area contributed by atoms with Crippen molar-refractivity contribution in [2.75, 3.05) is 5.32 Å². The number of hydrogen-bond acceptors (Lipinski definition) is 4. The monoisotopic (exact) mass is 440 g/mol. The fraction of sp³-hybridized carbons (Fsp3) is 0.130. The van der Waals surface area contributed by atoms with Crippen molar-refractivity contribution in [3.63, 3.8) is 0 Å². The number of nitrogens with one attached hydrogen (secondary N) is 2. The second-order valence-corrected chi connectivity index (χ2v) is 8.06. The van der Waals surface area contributed by atoms with Gasteiger partial charge < -0.3 is 15.4 Å². The van der Waals surface area contributed by atoms with Crippen LogP contribution in [0.15, 0.2) is 77.7 Å². The van der Waals surface area contributed by atoms with Gasteiger partial charge in [0.15, 0.2) is 0 Å². The van der Waals surface area contributed by atoms with Gasteiger partial charge in [-0.15, -0.1) is 11.8 Å². The summed E-state index contributed by atoms with van der Waals surface area (Å²) in [6, 6.07) is 17.9. The van der Waals surface area contributed by atoms with Crippen molar-refractivity contribution in [1.82, 2.24) is 5.32 Å². The molecule has 158 valence electrons. The number of halogens is 2. The Hall–Kier alpha value is -3.39. The second-order valence-electron chi connectivity index (χ2n) is 6.87. The number of ether oxygens (including phenoxy) is 1. The number of para-hydroxylation sites is 1. The number of carbonyl (C=O) groups excluding carboxylic acids is 2. The highest BCUT2D eigenvalue weighted by Gasteiger charge is 2.37. The molecule has 1 aliphatic heterocycles. The SMILES string of the molecule is O=C(N[C@@H]1C(=O)Nc2ccccc2S[C@H]1c1cc(F)ccc1F)OCc1ccccc1. The van der Waals surface area contributed by atoms with Gasteiger partial charge in [0, 0.05) is 10.5 Å². The third-order valence-electron chi connectivity index (χ3n) is 4.73. The molecule has 0 radical (unpaired) electrons. The average molecular weight is 440 g/mol. The second kappa shape index (κ2) is 9.18. The summed E-state index contributed by atoms with van der Waals surface area (Å²) in [5.41, 5.74) is 1.28. The van der Waals surface area contributed by atoms with E-state index in [4.69, 9.17) is 4.74 Å². The van der Waals surface area contributed by atoms with Crippen LogP contribution in [0.3, 0.4) is 0 Å². The largest absolute Gasteiger partial charge is 0.445 e. The number of alkyl carbamates (subject to hydrolysis) is 1. The van der Waals surface area contributed by atoms with E-state index in [1.165, 1.54) is 0 Å². The Labute approximate surface area is 181 Å². The first-order valence-corrected chi connectivity index (χ1v) is 10.4. The van der Waals surface area contributed by atoms with E-state index in [0.717, 1.165) is 35.5 Å². The van der Waals surface area contributed by atoms with Crippen LogP contribution in [0.4, 0.5) is 19.3 Å². The van der Waals surface area contributed by atoms with Crippen molar-refractivity contribution in [1.29, 1.82) is 0 Å². The molecule has 1 heterocycles. The lowest BCUT2D eigenvalue weighted by atomic mass is 10.0. The summed E-state index contributed by atoms with van der Waals surface area (Å²) < 4.78 is 33.7. The summed E-state index contributed by atoms with van der Waals surface area (Å²) in [5.74, 6) is -1.86.